The Labute approximate surface area is 125 Å². The van der Waals surface area contributed by atoms with Crippen LogP contribution in [0.25, 0.3) is 0 Å². The SMILES string of the molecule is Cc1ccc([C@@H](C(=O)NCc2cc(C)[nH]n2)N(C)C)cc1. The van der Waals surface area contributed by atoms with Gasteiger partial charge in [-0.1, -0.05) is 29.8 Å². The Bertz CT molecular complexity index is 601. The van der Waals surface area contributed by atoms with Gasteiger partial charge in [-0.2, -0.15) is 5.10 Å². The van der Waals surface area contributed by atoms with E-state index in [4.69, 9.17) is 0 Å². The summed E-state index contributed by atoms with van der Waals surface area (Å²) >= 11 is 0. The number of hydrogen-bond donors (Lipinski definition) is 2. The highest BCUT2D eigenvalue weighted by Gasteiger charge is 2.22. The molecular formula is C16H22N4O. The Morgan fingerprint density at radius 3 is 2.48 bits per heavy atom. The number of H-pyrrole nitrogens is 1. The van der Waals surface area contributed by atoms with E-state index in [9.17, 15) is 4.79 Å². The summed E-state index contributed by atoms with van der Waals surface area (Å²) < 4.78 is 0. The fraction of sp³-hybridized carbons (Fsp3) is 0.375. The van der Waals surface area contributed by atoms with Crippen LogP contribution in [-0.2, 0) is 11.3 Å². The predicted octanol–water partition coefficient (Wildman–Crippen LogP) is 1.95. The molecule has 1 amide bonds. The molecule has 112 valence electrons. The maximum atomic E-state index is 12.5. The lowest BCUT2D eigenvalue weighted by atomic mass is 10.0. The summed E-state index contributed by atoms with van der Waals surface area (Å²) in [7, 11) is 3.81. The predicted molar refractivity (Wildman–Crippen MR) is 82.8 cm³/mol. The molecular weight excluding hydrogens is 264 g/mol. The number of nitrogens with one attached hydrogen (secondary N) is 2. The van der Waals surface area contributed by atoms with E-state index < -0.39 is 0 Å². The van der Waals surface area contributed by atoms with Gasteiger partial charge in [-0.25, -0.2) is 0 Å². The molecule has 0 radical (unpaired) electrons. The van der Waals surface area contributed by atoms with Crippen molar-refractivity contribution in [1.29, 1.82) is 0 Å². The van der Waals surface area contributed by atoms with Crippen molar-refractivity contribution in [3.05, 3.63) is 52.8 Å². The number of aromatic amines is 1. The number of carbonyl (C=O) groups is 1. The number of likely N-dealkylation sites (N-methyl/N-ethyl adjacent to an activating group) is 1. The van der Waals surface area contributed by atoms with E-state index in [1.54, 1.807) is 0 Å². The normalized spacial score (nSPS) is 12.4. The first-order valence-corrected chi connectivity index (χ1v) is 6.99. The van der Waals surface area contributed by atoms with E-state index in [1.165, 1.54) is 5.56 Å². The molecule has 0 aliphatic carbocycles. The van der Waals surface area contributed by atoms with Gasteiger partial charge in [0.15, 0.2) is 0 Å². The summed E-state index contributed by atoms with van der Waals surface area (Å²) in [5.74, 6) is -0.0236. The molecule has 0 saturated heterocycles. The van der Waals surface area contributed by atoms with Crippen molar-refractivity contribution in [3.63, 3.8) is 0 Å². The van der Waals surface area contributed by atoms with Gasteiger partial charge in [0.25, 0.3) is 0 Å². The van der Waals surface area contributed by atoms with Gasteiger partial charge < -0.3 is 5.32 Å². The monoisotopic (exact) mass is 286 g/mol. The van der Waals surface area contributed by atoms with Crippen LogP contribution in [0.3, 0.4) is 0 Å². The minimum absolute atomic E-state index is 0.0236. The zero-order valence-electron chi connectivity index (χ0n) is 13.0. The first-order valence-electron chi connectivity index (χ1n) is 6.99. The number of rotatable bonds is 5. The average Bonchev–Trinajstić information content (AvgIpc) is 2.84. The Kier molecular flexibility index (Phi) is 4.75. The number of aromatic nitrogens is 2. The van der Waals surface area contributed by atoms with E-state index in [-0.39, 0.29) is 11.9 Å². The average molecular weight is 286 g/mol. The number of aryl methyl sites for hydroxylation is 2. The highest BCUT2D eigenvalue weighted by Crippen LogP contribution is 2.19. The third-order valence-electron chi connectivity index (χ3n) is 3.36. The number of amides is 1. The molecule has 2 N–H and O–H groups in total. The summed E-state index contributed by atoms with van der Waals surface area (Å²) in [6.07, 6.45) is 0. The van der Waals surface area contributed by atoms with E-state index in [0.29, 0.717) is 6.54 Å². The zero-order valence-corrected chi connectivity index (χ0v) is 13.0. The Morgan fingerprint density at radius 2 is 1.95 bits per heavy atom. The lowest BCUT2D eigenvalue weighted by Gasteiger charge is -2.23. The molecule has 5 heteroatoms. The van der Waals surface area contributed by atoms with E-state index in [1.807, 2.05) is 63.2 Å². The molecule has 0 bridgehead atoms. The van der Waals surface area contributed by atoms with Gasteiger partial charge in [-0.15, -0.1) is 0 Å². The van der Waals surface area contributed by atoms with Crippen LogP contribution in [-0.4, -0.2) is 35.1 Å². The number of nitrogens with zero attached hydrogens (tertiary/aromatic N) is 2. The Hall–Kier alpha value is -2.14. The summed E-state index contributed by atoms with van der Waals surface area (Å²) in [5, 5.41) is 9.94. The van der Waals surface area contributed by atoms with Crippen molar-refractivity contribution in [2.45, 2.75) is 26.4 Å². The molecule has 0 unspecified atom stereocenters. The standard InChI is InChI=1S/C16H22N4O/c1-11-5-7-13(8-6-11)15(20(3)4)16(21)17-10-14-9-12(2)18-19-14/h5-9,15H,10H2,1-4H3,(H,17,21)(H,18,19)/t15-/m0/s1. The second kappa shape index (κ2) is 6.54. The van der Waals surface area contributed by atoms with Crippen molar-refractivity contribution in [2.75, 3.05) is 14.1 Å². The molecule has 0 saturated carbocycles. The molecule has 21 heavy (non-hydrogen) atoms. The molecule has 5 nitrogen and oxygen atoms in total. The van der Waals surface area contributed by atoms with Crippen molar-refractivity contribution in [2.24, 2.45) is 0 Å². The van der Waals surface area contributed by atoms with Gasteiger partial charge in [0.1, 0.15) is 6.04 Å². The molecule has 0 aliphatic heterocycles. The highest BCUT2D eigenvalue weighted by molar-refractivity contribution is 5.83. The topological polar surface area (TPSA) is 61.0 Å². The van der Waals surface area contributed by atoms with Crippen LogP contribution < -0.4 is 5.32 Å². The lowest BCUT2D eigenvalue weighted by molar-refractivity contribution is -0.126. The number of hydrogen-bond acceptors (Lipinski definition) is 3. The summed E-state index contributed by atoms with van der Waals surface area (Å²) in [5.41, 5.74) is 3.99. The number of benzene rings is 1. The summed E-state index contributed by atoms with van der Waals surface area (Å²) in [4.78, 5) is 14.4. The molecule has 0 fully saturated rings. The first-order chi connectivity index (χ1) is 9.97. The van der Waals surface area contributed by atoms with Crippen LogP contribution in [0.5, 0.6) is 0 Å². The van der Waals surface area contributed by atoms with Crippen LogP contribution in [0, 0.1) is 13.8 Å². The Balaban J connectivity index is 2.07. The molecule has 0 aliphatic rings. The fourth-order valence-electron chi connectivity index (χ4n) is 2.27. The maximum Gasteiger partial charge on any atom is 0.242 e. The molecule has 0 spiro atoms. The van der Waals surface area contributed by atoms with Crippen LogP contribution in [0.1, 0.15) is 28.6 Å². The fourth-order valence-corrected chi connectivity index (χ4v) is 2.27. The highest BCUT2D eigenvalue weighted by atomic mass is 16.2. The molecule has 1 aromatic heterocycles. The largest absolute Gasteiger partial charge is 0.349 e. The van der Waals surface area contributed by atoms with Gasteiger partial charge in [-0.3, -0.25) is 14.8 Å². The summed E-state index contributed by atoms with van der Waals surface area (Å²) in [6, 6.07) is 9.67. The van der Waals surface area contributed by atoms with Gasteiger partial charge >= 0.3 is 0 Å². The minimum atomic E-state index is -0.300. The second-order valence-corrected chi connectivity index (χ2v) is 5.54. The van der Waals surface area contributed by atoms with Crippen LogP contribution in [0.2, 0.25) is 0 Å². The van der Waals surface area contributed by atoms with Gasteiger partial charge in [0.05, 0.1) is 12.2 Å². The minimum Gasteiger partial charge on any atom is -0.349 e. The van der Waals surface area contributed by atoms with Crippen LogP contribution in [0.15, 0.2) is 30.3 Å². The van der Waals surface area contributed by atoms with E-state index in [2.05, 4.69) is 15.5 Å². The lowest BCUT2D eigenvalue weighted by Crippen LogP contribution is -2.36. The maximum absolute atomic E-state index is 12.5. The first kappa shape index (κ1) is 15.3. The molecule has 1 aromatic carbocycles. The third-order valence-corrected chi connectivity index (χ3v) is 3.36. The second-order valence-electron chi connectivity index (χ2n) is 5.54. The molecule has 2 rings (SSSR count). The smallest absolute Gasteiger partial charge is 0.242 e. The van der Waals surface area contributed by atoms with Crippen molar-refractivity contribution in [3.8, 4) is 0 Å². The van der Waals surface area contributed by atoms with E-state index in [0.717, 1.165) is 17.0 Å². The van der Waals surface area contributed by atoms with Crippen molar-refractivity contribution >= 4 is 5.91 Å². The van der Waals surface area contributed by atoms with Gasteiger partial charge in [0, 0.05) is 5.69 Å². The van der Waals surface area contributed by atoms with Gasteiger partial charge in [-0.05, 0) is 39.6 Å². The summed E-state index contributed by atoms with van der Waals surface area (Å²) in [6.45, 7) is 4.40. The number of carbonyl (C=O) groups excluding carboxylic acids is 1. The quantitative estimate of drug-likeness (QED) is 0.883. The van der Waals surface area contributed by atoms with Crippen LogP contribution in [0.4, 0.5) is 0 Å². The van der Waals surface area contributed by atoms with Crippen molar-refractivity contribution < 1.29 is 4.79 Å². The zero-order chi connectivity index (χ0) is 15.4. The third kappa shape index (κ3) is 3.92. The molecule has 1 heterocycles. The van der Waals surface area contributed by atoms with Crippen LogP contribution >= 0.6 is 0 Å². The molecule has 2 aromatic rings. The van der Waals surface area contributed by atoms with E-state index >= 15 is 0 Å². The molecule has 1 atom stereocenters. The Morgan fingerprint density at radius 1 is 1.29 bits per heavy atom. The van der Waals surface area contributed by atoms with Crippen molar-refractivity contribution in [1.82, 2.24) is 20.4 Å². The van der Waals surface area contributed by atoms with Gasteiger partial charge in [0.2, 0.25) is 5.91 Å².